The Labute approximate surface area is 139 Å². The molecule has 1 unspecified atom stereocenters. The predicted molar refractivity (Wildman–Crippen MR) is 88.7 cm³/mol. The minimum atomic E-state index is -2.83. The van der Waals surface area contributed by atoms with Crippen LogP contribution in [0.3, 0.4) is 0 Å². The first kappa shape index (κ1) is 20.0. The van der Waals surface area contributed by atoms with Crippen molar-refractivity contribution in [1.82, 2.24) is 0 Å². The second-order valence-electron chi connectivity index (χ2n) is 7.65. The van der Waals surface area contributed by atoms with Crippen molar-refractivity contribution in [2.24, 2.45) is 0 Å². The lowest BCUT2D eigenvalue weighted by Crippen LogP contribution is -2.18. The Kier molecular flexibility index (Phi) is 6.72. The molecular formula is C17H27O5P. The quantitative estimate of drug-likeness (QED) is 0.632. The van der Waals surface area contributed by atoms with Gasteiger partial charge in [-0.15, -0.1) is 4.52 Å². The topological polar surface area (TPSA) is 78.8 Å². The highest BCUT2D eigenvalue weighted by molar-refractivity contribution is 7.30. The van der Waals surface area contributed by atoms with Gasteiger partial charge in [0.1, 0.15) is 12.4 Å². The molecule has 0 fully saturated rings. The van der Waals surface area contributed by atoms with Gasteiger partial charge in [-0.3, -0.25) is 0 Å². The molecule has 0 aliphatic heterocycles. The van der Waals surface area contributed by atoms with Crippen molar-refractivity contribution in [1.29, 1.82) is 0 Å². The summed E-state index contributed by atoms with van der Waals surface area (Å²) in [7, 11) is -2.83. The maximum absolute atomic E-state index is 10.6. The fraction of sp³-hybridized carbons (Fsp3) is 0.647. The van der Waals surface area contributed by atoms with Crippen molar-refractivity contribution in [2.75, 3.05) is 13.2 Å². The zero-order chi connectivity index (χ0) is 17.8. The summed E-state index contributed by atoms with van der Waals surface area (Å²) >= 11 is 0. The smallest absolute Gasteiger partial charge is 0.488 e. The number of ether oxygens (including phenoxy) is 1. The third-order valence-electron chi connectivity index (χ3n) is 3.48. The minimum Gasteiger partial charge on any atom is -0.566 e. The molecule has 0 aliphatic rings. The van der Waals surface area contributed by atoms with Gasteiger partial charge in [0, 0.05) is 0 Å². The van der Waals surface area contributed by atoms with E-state index >= 15 is 0 Å². The molecule has 0 saturated carbocycles. The Balaban J connectivity index is 2.98. The molecule has 0 radical (unpaired) electrons. The third-order valence-corrected chi connectivity index (χ3v) is 3.87. The standard InChI is InChI=1S/C17H27O5P/c1-16(2,3)13-9-12(11-21-7-8-22-23(19)20)10-14(15(13)18)17(4,5)6/h9-10,18H,7-8,11H2,1-6H3. The maximum atomic E-state index is 10.6. The van der Waals surface area contributed by atoms with Crippen molar-refractivity contribution in [3.63, 3.8) is 0 Å². The van der Waals surface area contributed by atoms with E-state index in [9.17, 15) is 14.6 Å². The Morgan fingerprint density at radius 1 is 1.04 bits per heavy atom. The van der Waals surface area contributed by atoms with Gasteiger partial charge in [0.2, 0.25) is 0 Å². The van der Waals surface area contributed by atoms with Crippen LogP contribution in [0.25, 0.3) is 0 Å². The van der Waals surface area contributed by atoms with Gasteiger partial charge in [-0.2, -0.15) is 0 Å². The van der Waals surface area contributed by atoms with Gasteiger partial charge in [0.05, 0.1) is 13.2 Å². The molecule has 23 heavy (non-hydrogen) atoms. The number of hydrogen-bond acceptors (Lipinski definition) is 5. The zero-order valence-electron chi connectivity index (χ0n) is 14.8. The van der Waals surface area contributed by atoms with Gasteiger partial charge in [-0.05, 0) is 44.2 Å². The zero-order valence-corrected chi connectivity index (χ0v) is 15.7. The summed E-state index contributed by atoms with van der Waals surface area (Å²) in [6.07, 6.45) is 0. The normalized spacial score (nSPS) is 13.3. The van der Waals surface area contributed by atoms with Gasteiger partial charge in [-0.25, -0.2) is 0 Å². The number of aromatic hydroxyl groups is 1. The fourth-order valence-corrected chi connectivity index (χ4v) is 2.51. The summed E-state index contributed by atoms with van der Waals surface area (Å²) in [6, 6.07) is 3.89. The average molecular weight is 342 g/mol. The van der Waals surface area contributed by atoms with Gasteiger partial charge in [-0.1, -0.05) is 41.5 Å². The summed E-state index contributed by atoms with van der Waals surface area (Å²) in [4.78, 5) is 10.3. The van der Waals surface area contributed by atoms with Crippen LogP contribution >= 0.6 is 8.25 Å². The van der Waals surface area contributed by atoms with E-state index < -0.39 is 8.25 Å². The van der Waals surface area contributed by atoms with Crippen LogP contribution in [0.2, 0.25) is 0 Å². The highest BCUT2D eigenvalue weighted by atomic mass is 31.1. The van der Waals surface area contributed by atoms with Gasteiger partial charge < -0.3 is 14.7 Å². The Morgan fingerprint density at radius 2 is 1.52 bits per heavy atom. The molecule has 1 rings (SSSR count). The Morgan fingerprint density at radius 3 is 1.91 bits per heavy atom. The summed E-state index contributed by atoms with van der Waals surface area (Å²) in [5.74, 6) is 0.334. The van der Waals surface area contributed by atoms with E-state index in [0.717, 1.165) is 16.7 Å². The van der Waals surface area contributed by atoms with E-state index in [4.69, 9.17) is 4.74 Å². The van der Waals surface area contributed by atoms with Crippen molar-refractivity contribution in [3.8, 4) is 5.75 Å². The van der Waals surface area contributed by atoms with E-state index in [1.54, 1.807) is 0 Å². The molecule has 6 heteroatoms. The van der Waals surface area contributed by atoms with Crippen LogP contribution in [0.5, 0.6) is 5.75 Å². The summed E-state index contributed by atoms with van der Waals surface area (Å²) < 4.78 is 20.2. The lowest BCUT2D eigenvalue weighted by atomic mass is 9.78. The number of benzene rings is 1. The van der Waals surface area contributed by atoms with Crippen molar-refractivity contribution in [3.05, 3.63) is 28.8 Å². The van der Waals surface area contributed by atoms with Crippen molar-refractivity contribution >= 4 is 8.25 Å². The molecule has 0 spiro atoms. The lowest BCUT2D eigenvalue weighted by molar-refractivity contribution is -0.186. The number of phenolic OH excluding ortho intramolecular Hbond substituents is 1. The number of hydrogen-bond donors (Lipinski definition) is 1. The number of phenols is 1. The molecule has 1 aromatic rings. The van der Waals surface area contributed by atoms with Gasteiger partial charge >= 0.3 is 8.25 Å². The van der Waals surface area contributed by atoms with Crippen LogP contribution in [0, 0.1) is 0 Å². The molecule has 5 nitrogen and oxygen atoms in total. The molecule has 130 valence electrons. The Hall–Kier alpha value is -1.00. The van der Waals surface area contributed by atoms with Gasteiger partial charge in [0.25, 0.3) is 0 Å². The summed E-state index contributed by atoms with van der Waals surface area (Å²) in [5.41, 5.74) is 2.32. The first-order valence-corrected chi connectivity index (χ1v) is 8.74. The summed E-state index contributed by atoms with van der Waals surface area (Å²) in [6.45, 7) is 12.9. The SMILES string of the molecule is CC(C)(C)c1cc(COCCO[P+](=O)[O-])cc(C(C)(C)C)c1O. The lowest BCUT2D eigenvalue weighted by Gasteiger charge is -2.28. The molecule has 0 aliphatic carbocycles. The second kappa shape index (κ2) is 7.71. The van der Waals surface area contributed by atoms with Crippen molar-refractivity contribution in [2.45, 2.75) is 59.0 Å². The fourth-order valence-electron chi connectivity index (χ4n) is 2.28. The summed E-state index contributed by atoms with van der Waals surface area (Å²) in [5, 5.41) is 10.6. The minimum absolute atomic E-state index is 0.00897. The second-order valence-corrected chi connectivity index (χ2v) is 8.35. The molecule has 1 aromatic carbocycles. The maximum Gasteiger partial charge on any atom is 0.488 e. The molecule has 0 bridgehead atoms. The predicted octanol–water partition coefficient (Wildman–Crippen LogP) is 3.54. The van der Waals surface area contributed by atoms with E-state index in [1.165, 1.54) is 0 Å². The van der Waals surface area contributed by atoms with E-state index in [2.05, 4.69) is 46.1 Å². The number of rotatable bonds is 6. The largest absolute Gasteiger partial charge is 0.566 e. The van der Waals surface area contributed by atoms with Crippen molar-refractivity contribution < 1.29 is 23.8 Å². The van der Waals surface area contributed by atoms with Crippen LogP contribution in [0.15, 0.2) is 12.1 Å². The molecule has 1 atom stereocenters. The molecule has 0 amide bonds. The van der Waals surface area contributed by atoms with Crippen LogP contribution in [-0.2, 0) is 31.3 Å². The highest BCUT2D eigenvalue weighted by Crippen LogP contribution is 2.39. The van der Waals surface area contributed by atoms with E-state index in [1.807, 2.05) is 12.1 Å². The van der Waals surface area contributed by atoms with Crippen LogP contribution in [0.1, 0.15) is 58.2 Å². The molecule has 0 aromatic heterocycles. The molecule has 0 heterocycles. The van der Waals surface area contributed by atoms with E-state index in [0.29, 0.717) is 12.4 Å². The first-order chi connectivity index (χ1) is 10.4. The van der Waals surface area contributed by atoms with Gasteiger partial charge in [0.15, 0.2) is 0 Å². The Bertz CT molecular complexity index is 520. The van der Waals surface area contributed by atoms with Crippen LogP contribution < -0.4 is 4.89 Å². The van der Waals surface area contributed by atoms with Crippen LogP contribution in [0.4, 0.5) is 0 Å². The molecule has 1 N–H and O–H groups in total. The molecule has 0 saturated heterocycles. The highest BCUT2D eigenvalue weighted by Gasteiger charge is 2.26. The first-order valence-electron chi connectivity index (χ1n) is 7.65. The van der Waals surface area contributed by atoms with Crippen LogP contribution in [-0.4, -0.2) is 18.3 Å². The third kappa shape index (κ3) is 6.19. The monoisotopic (exact) mass is 342 g/mol. The van der Waals surface area contributed by atoms with E-state index in [-0.39, 0.29) is 24.0 Å². The average Bonchev–Trinajstić information content (AvgIpc) is 2.36. The molecular weight excluding hydrogens is 315 g/mol.